The highest BCUT2D eigenvalue weighted by atomic mass is 16.3. The monoisotopic (exact) mass is 268 g/mol. The van der Waals surface area contributed by atoms with Gasteiger partial charge in [0, 0.05) is 0 Å². The Balaban J connectivity index is 2.08. The second kappa shape index (κ2) is 5.39. The number of aliphatic hydroxyl groups is 2. The third-order valence-corrected chi connectivity index (χ3v) is 4.42. The number of hydrogen-bond donors (Lipinski definition) is 2. The van der Waals surface area contributed by atoms with Crippen LogP contribution in [0.5, 0.6) is 0 Å². The molecule has 0 amide bonds. The highest BCUT2D eigenvalue weighted by molar-refractivity contribution is 5.37. The zero-order valence-electron chi connectivity index (χ0n) is 11.4. The molecular weight excluding hydrogens is 248 g/mol. The van der Waals surface area contributed by atoms with Crippen LogP contribution in [-0.4, -0.2) is 16.3 Å². The van der Waals surface area contributed by atoms with Gasteiger partial charge in [-0.25, -0.2) is 0 Å². The van der Waals surface area contributed by atoms with Crippen LogP contribution >= 0.6 is 0 Å². The molecule has 20 heavy (non-hydrogen) atoms. The summed E-state index contributed by atoms with van der Waals surface area (Å²) in [6.45, 7) is 0. The van der Waals surface area contributed by atoms with Gasteiger partial charge in [0.1, 0.15) is 5.60 Å². The highest BCUT2D eigenvalue weighted by Crippen LogP contribution is 2.44. The Bertz CT molecular complexity index is 511. The summed E-state index contributed by atoms with van der Waals surface area (Å²) in [5.41, 5.74) is 0.801. The van der Waals surface area contributed by atoms with Crippen molar-refractivity contribution in [2.45, 2.75) is 31.0 Å². The standard InChI is InChI=1S/C18H20O2/c19-17-12-11-16(13-17)18(20,14-7-3-1-4-8-14)15-9-5-2-6-10-15/h1-10,16-17,19-20H,11-13H2/t16-,17-/m0/s1. The molecule has 0 heterocycles. The number of hydrogen-bond acceptors (Lipinski definition) is 2. The second-order valence-electron chi connectivity index (χ2n) is 5.66. The fourth-order valence-corrected chi connectivity index (χ4v) is 3.36. The molecule has 2 nitrogen and oxygen atoms in total. The Morgan fingerprint density at radius 2 is 1.30 bits per heavy atom. The minimum absolute atomic E-state index is 0.0577. The molecule has 0 spiro atoms. The van der Waals surface area contributed by atoms with Gasteiger partial charge in [-0.1, -0.05) is 60.7 Å². The van der Waals surface area contributed by atoms with E-state index in [1.54, 1.807) is 0 Å². The van der Waals surface area contributed by atoms with Crippen molar-refractivity contribution < 1.29 is 10.2 Å². The first-order valence-electron chi connectivity index (χ1n) is 7.22. The van der Waals surface area contributed by atoms with Crippen molar-refractivity contribution >= 4 is 0 Å². The van der Waals surface area contributed by atoms with E-state index in [0.717, 1.165) is 24.0 Å². The molecule has 2 aromatic rings. The van der Waals surface area contributed by atoms with Crippen molar-refractivity contribution in [2.24, 2.45) is 5.92 Å². The maximum Gasteiger partial charge on any atom is 0.117 e. The minimum Gasteiger partial charge on any atom is -0.393 e. The van der Waals surface area contributed by atoms with Crippen LogP contribution in [0.3, 0.4) is 0 Å². The quantitative estimate of drug-likeness (QED) is 0.898. The Morgan fingerprint density at radius 3 is 1.70 bits per heavy atom. The summed E-state index contributed by atoms with van der Waals surface area (Å²) in [5.74, 6) is 0.0577. The Morgan fingerprint density at radius 1 is 0.800 bits per heavy atom. The fourth-order valence-electron chi connectivity index (χ4n) is 3.36. The molecule has 1 aliphatic carbocycles. The lowest BCUT2D eigenvalue weighted by atomic mass is 9.75. The van der Waals surface area contributed by atoms with Crippen LogP contribution in [0.15, 0.2) is 60.7 Å². The second-order valence-corrected chi connectivity index (χ2v) is 5.66. The van der Waals surface area contributed by atoms with Gasteiger partial charge in [-0.15, -0.1) is 0 Å². The van der Waals surface area contributed by atoms with Crippen molar-refractivity contribution in [3.8, 4) is 0 Å². The third-order valence-electron chi connectivity index (χ3n) is 4.42. The lowest BCUT2D eigenvalue weighted by Crippen LogP contribution is -2.35. The maximum atomic E-state index is 11.5. The predicted molar refractivity (Wildman–Crippen MR) is 79.2 cm³/mol. The van der Waals surface area contributed by atoms with Gasteiger partial charge in [0.25, 0.3) is 0 Å². The Labute approximate surface area is 119 Å². The maximum absolute atomic E-state index is 11.5. The van der Waals surface area contributed by atoms with E-state index in [4.69, 9.17) is 0 Å². The average molecular weight is 268 g/mol. The van der Waals surface area contributed by atoms with Gasteiger partial charge in [-0.2, -0.15) is 0 Å². The van der Waals surface area contributed by atoms with E-state index in [1.165, 1.54) is 0 Å². The van der Waals surface area contributed by atoms with Gasteiger partial charge in [-0.3, -0.25) is 0 Å². The van der Waals surface area contributed by atoms with Crippen LogP contribution < -0.4 is 0 Å². The summed E-state index contributed by atoms with van der Waals surface area (Å²) >= 11 is 0. The SMILES string of the molecule is O[C@H]1CC[C@H](C(O)(c2ccccc2)c2ccccc2)C1. The molecule has 2 N–H and O–H groups in total. The molecule has 0 bridgehead atoms. The van der Waals surface area contributed by atoms with E-state index in [9.17, 15) is 10.2 Å². The van der Waals surface area contributed by atoms with Crippen LogP contribution in [0.2, 0.25) is 0 Å². The van der Waals surface area contributed by atoms with Crippen LogP contribution in [0.1, 0.15) is 30.4 Å². The Kier molecular flexibility index (Phi) is 3.60. The van der Waals surface area contributed by atoms with Crippen LogP contribution in [-0.2, 0) is 5.60 Å². The lowest BCUT2D eigenvalue weighted by molar-refractivity contribution is 0.0128. The first kappa shape index (κ1) is 13.3. The van der Waals surface area contributed by atoms with E-state index in [-0.39, 0.29) is 12.0 Å². The van der Waals surface area contributed by atoms with E-state index < -0.39 is 5.60 Å². The van der Waals surface area contributed by atoms with Crippen molar-refractivity contribution in [3.05, 3.63) is 71.8 Å². The zero-order chi connectivity index (χ0) is 14.0. The van der Waals surface area contributed by atoms with Crippen LogP contribution in [0.25, 0.3) is 0 Å². The van der Waals surface area contributed by atoms with Gasteiger partial charge in [0.15, 0.2) is 0 Å². The molecule has 0 aromatic heterocycles. The smallest absolute Gasteiger partial charge is 0.117 e. The molecule has 0 saturated heterocycles. The van der Waals surface area contributed by atoms with Crippen molar-refractivity contribution in [2.75, 3.05) is 0 Å². The fraction of sp³-hybridized carbons (Fsp3) is 0.333. The topological polar surface area (TPSA) is 40.5 Å². The van der Waals surface area contributed by atoms with E-state index in [0.29, 0.717) is 6.42 Å². The molecule has 2 aromatic carbocycles. The Hall–Kier alpha value is -1.64. The third kappa shape index (κ3) is 2.26. The first-order chi connectivity index (χ1) is 9.71. The lowest BCUT2D eigenvalue weighted by Gasteiger charge is -2.35. The summed E-state index contributed by atoms with van der Waals surface area (Å²) in [5, 5.41) is 21.3. The van der Waals surface area contributed by atoms with E-state index in [2.05, 4.69) is 0 Å². The molecule has 0 radical (unpaired) electrons. The number of benzene rings is 2. The minimum atomic E-state index is -1.01. The van der Waals surface area contributed by atoms with Crippen LogP contribution in [0.4, 0.5) is 0 Å². The molecule has 0 unspecified atom stereocenters. The molecule has 1 fully saturated rings. The van der Waals surface area contributed by atoms with Crippen molar-refractivity contribution in [1.82, 2.24) is 0 Å². The van der Waals surface area contributed by atoms with Gasteiger partial charge in [-0.05, 0) is 36.3 Å². The zero-order valence-corrected chi connectivity index (χ0v) is 11.4. The van der Waals surface area contributed by atoms with Gasteiger partial charge >= 0.3 is 0 Å². The first-order valence-corrected chi connectivity index (χ1v) is 7.22. The molecule has 1 aliphatic rings. The largest absolute Gasteiger partial charge is 0.393 e. The summed E-state index contributed by atoms with van der Waals surface area (Å²) in [4.78, 5) is 0. The average Bonchev–Trinajstić information content (AvgIpc) is 2.95. The van der Waals surface area contributed by atoms with Crippen LogP contribution in [0, 0.1) is 5.92 Å². The molecule has 1 saturated carbocycles. The van der Waals surface area contributed by atoms with Gasteiger partial charge < -0.3 is 10.2 Å². The van der Waals surface area contributed by atoms with Crippen molar-refractivity contribution in [3.63, 3.8) is 0 Å². The summed E-state index contributed by atoms with van der Waals surface area (Å²) in [7, 11) is 0. The highest BCUT2D eigenvalue weighted by Gasteiger charge is 2.43. The van der Waals surface area contributed by atoms with Crippen molar-refractivity contribution in [1.29, 1.82) is 0 Å². The number of aliphatic hydroxyl groups excluding tert-OH is 1. The molecule has 2 atom stereocenters. The molecule has 3 rings (SSSR count). The predicted octanol–water partition coefficient (Wildman–Crippen LogP) is 3.08. The molecule has 2 heteroatoms. The summed E-state index contributed by atoms with van der Waals surface area (Å²) in [6, 6.07) is 19.6. The van der Waals surface area contributed by atoms with Gasteiger partial charge in [0.05, 0.1) is 6.10 Å². The van der Waals surface area contributed by atoms with E-state index in [1.807, 2.05) is 60.7 Å². The summed E-state index contributed by atoms with van der Waals surface area (Å²) in [6.07, 6.45) is 1.98. The van der Waals surface area contributed by atoms with E-state index >= 15 is 0 Å². The van der Waals surface area contributed by atoms with Gasteiger partial charge in [0.2, 0.25) is 0 Å². The molecule has 0 aliphatic heterocycles. The molecule has 104 valence electrons. The summed E-state index contributed by atoms with van der Waals surface area (Å²) < 4.78 is 0. The molecular formula is C18H20O2. The normalized spacial score (nSPS) is 22.9. The number of rotatable bonds is 3.